The van der Waals surface area contributed by atoms with Crippen LogP contribution in [0.15, 0.2) is 29.3 Å². The van der Waals surface area contributed by atoms with Gasteiger partial charge in [-0.05, 0) is 25.0 Å². The monoisotopic (exact) mass is 396 g/mol. The molecule has 1 atom stereocenters. The summed E-state index contributed by atoms with van der Waals surface area (Å²) >= 11 is 2.06. The van der Waals surface area contributed by atoms with Crippen LogP contribution in [0, 0.1) is 0 Å². The van der Waals surface area contributed by atoms with E-state index in [0.29, 0.717) is 17.1 Å². The summed E-state index contributed by atoms with van der Waals surface area (Å²) in [5, 5.41) is 0.686. The number of rotatable bonds is 4. The van der Waals surface area contributed by atoms with Gasteiger partial charge < -0.3 is 4.74 Å². The summed E-state index contributed by atoms with van der Waals surface area (Å²) < 4.78 is 40.7. The number of ether oxygens (including phenoxy) is 1. The second-order valence-corrected chi connectivity index (χ2v) is 8.63. The molecule has 4 rings (SSSR count). The first-order valence-electron chi connectivity index (χ1n) is 7.40. The van der Waals surface area contributed by atoms with Gasteiger partial charge in [-0.25, -0.2) is 18.1 Å². The molecule has 1 N–H and O–H groups in total. The Balaban J connectivity index is 1.58. The zero-order valence-electron chi connectivity index (χ0n) is 12.7. The summed E-state index contributed by atoms with van der Waals surface area (Å²) in [5.41, 5.74) is 0.718. The molecule has 1 aliphatic heterocycles. The summed E-state index contributed by atoms with van der Waals surface area (Å²) in [6.07, 6.45) is 3.06. The van der Waals surface area contributed by atoms with E-state index in [1.54, 1.807) is 12.1 Å². The molecule has 3 heterocycles. The van der Waals surface area contributed by atoms with Crippen molar-refractivity contribution in [2.24, 2.45) is 0 Å². The van der Waals surface area contributed by atoms with E-state index in [-0.39, 0.29) is 21.4 Å². The van der Waals surface area contributed by atoms with E-state index in [0.717, 1.165) is 35.9 Å². The molecule has 8 nitrogen and oxygen atoms in total. The number of carbonyl (C=O) groups excluding carboxylic acids is 1. The smallest absolute Gasteiger partial charge is 0.276 e. The molecular formula is C14H12N4O4S3. The van der Waals surface area contributed by atoms with E-state index in [9.17, 15) is 13.2 Å². The normalized spacial score (nSPS) is 17.8. The number of carbonyl (C=O) groups is 1. The fourth-order valence-corrected chi connectivity index (χ4v) is 5.24. The number of hydrogen-bond donors (Lipinski definition) is 1. The van der Waals surface area contributed by atoms with Crippen LogP contribution in [0.3, 0.4) is 0 Å². The molecule has 3 aromatic rings. The number of sulfonamides is 1. The second kappa shape index (κ2) is 6.41. The van der Waals surface area contributed by atoms with E-state index in [1.165, 1.54) is 12.3 Å². The summed E-state index contributed by atoms with van der Waals surface area (Å²) in [4.78, 5) is 16.7. The van der Waals surface area contributed by atoms with Gasteiger partial charge in [0.1, 0.15) is 31.9 Å². The Morgan fingerprint density at radius 1 is 1.32 bits per heavy atom. The summed E-state index contributed by atoms with van der Waals surface area (Å²) in [5.74, 6) is -0.720. The largest absolute Gasteiger partial charge is 0.371 e. The van der Waals surface area contributed by atoms with Crippen molar-refractivity contribution in [3.8, 4) is 0 Å². The van der Waals surface area contributed by atoms with Gasteiger partial charge in [0.05, 0.1) is 17.9 Å². The molecule has 0 saturated carbocycles. The molecule has 1 amide bonds. The summed E-state index contributed by atoms with van der Waals surface area (Å²) in [6.45, 7) is 0.672. The van der Waals surface area contributed by atoms with Gasteiger partial charge in [0.15, 0.2) is 0 Å². The molecule has 0 bridgehead atoms. The number of nitrogens with one attached hydrogen (secondary N) is 1. The Labute approximate surface area is 151 Å². The molecule has 0 aliphatic carbocycles. The van der Waals surface area contributed by atoms with Crippen LogP contribution < -0.4 is 4.72 Å². The fourth-order valence-electron chi connectivity index (χ4n) is 2.54. The predicted octanol–water partition coefficient (Wildman–Crippen LogP) is 2.12. The highest BCUT2D eigenvalue weighted by atomic mass is 32.2. The van der Waals surface area contributed by atoms with Gasteiger partial charge in [-0.15, -0.1) is 11.3 Å². The van der Waals surface area contributed by atoms with Crippen molar-refractivity contribution in [1.82, 2.24) is 18.5 Å². The van der Waals surface area contributed by atoms with E-state index in [4.69, 9.17) is 4.74 Å². The zero-order valence-corrected chi connectivity index (χ0v) is 15.2. The molecule has 1 aliphatic rings. The fraction of sp³-hybridized carbons (Fsp3) is 0.286. The van der Waals surface area contributed by atoms with Gasteiger partial charge in [0.25, 0.3) is 15.9 Å². The van der Waals surface area contributed by atoms with Crippen LogP contribution in [0.1, 0.15) is 33.6 Å². The highest BCUT2D eigenvalue weighted by Gasteiger charge is 2.26. The van der Waals surface area contributed by atoms with Crippen molar-refractivity contribution in [2.75, 3.05) is 6.61 Å². The Morgan fingerprint density at radius 3 is 3.00 bits per heavy atom. The van der Waals surface area contributed by atoms with Crippen molar-refractivity contribution >= 4 is 50.0 Å². The lowest BCUT2D eigenvalue weighted by Crippen LogP contribution is -2.30. The van der Waals surface area contributed by atoms with Gasteiger partial charge in [0.2, 0.25) is 0 Å². The first-order chi connectivity index (χ1) is 12.0. The molecule has 1 saturated heterocycles. The highest BCUT2D eigenvalue weighted by Crippen LogP contribution is 2.31. The number of thiazole rings is 1. The highest BCUT2D eigenvalue weighted by molar-refractivity contribution is 7.90. The number of amides is 1. The minimum atomic E-state index is -4.06. The average Bonchev–Trinajstić information content (AvgIpc) is 3.32. The Hall–Kier alpha value is -1.95. The molecule has 1 fully saturated rings. The molecule has 2 aromatic heterocycles. The molecule has 11 heteroatoms. The lowest BCUT2D eigenvalue weighted by molar-refractivity contribution is 0.0985. The predicted molar refractivity (Wildman–Crippen MR) is 92.1 cm³/mol. The molecular weight excluding hydrogens is 384 g/mol. The lowest BCUT2D eigenvalue weighted by Gasteiger charge is -2.06. The maximum absolute atomic E-state index is 12.6. The van der Waals surface area contributed by atoms with E-state index >= 15 is 0 Å². The second-order valence-electron chi connectivity index (χ2n) is 5.39. The van der Waals surface area contributed by atoms with Crippen molar-refractivity contribution in [3.05, 3.63) is 34.3 Å². The van der Waals surface area contributed by atoms with Crippen molar-refractivity contribution in [2.45, 2.75) is 23.8 Å². The number of nitrogens with zero attached hydrogens (tertiary/aromatic N) is 3. The van der Waals surface area contributed by atoms with Crippen molar-refractivity contribution in [1.29, 1.82) is 0 Å². The maximum Gasteiger partial charge on any atom is 0.276 e. The average molecular weight is 396 g/mol. The van der Waals surface area contributed by atoms with Crippen LogP contribution >= 0.6 is 23.1 Å². The van der Waals surface area contributed by atoms with Gasteiger partial charge in [-0.2, -0.15) is 8.75 Å². The molecule has 0 unspecified atom stereocenters. The molecule has 130 valence electrons. The molecule has 1 aromatic carbocycles. The molecule has 25 heavy (non-hydrogen) atoms. The van der Waals surface area contributed by atoms with E-state index in [1.807, 2.05) is 0 Å². The molecule has 0 radical (unpaired) electrons. The first kappa shape index (κ1) is 16.5. The maximum atomic E-state index is 12.6. The lowest BCUT2D eigenvalue weighted by atomic mass is 10.2. The summed E-state index contributed by atoms with van der Waals surface area (Å²) in [7, 11) is -4.06. The third-order valence-electron chi connectivity index (χ3n) is 3.72. The molecule has 0 spiro atoms. The minimum absolute atomic E-state index is 0.0732. The number of aromatic nitrogens is 3. The Bertz CT molecular complexity index is 1040. The topological polar surface area (TPSA) is 111 Å². The van der Waals surface area contributed by atoms with Gasteiger partial charge in [-0.3, -0.25) is 4.79 Å². The number of fused-ring (bicyclic) bond motifs is 1. The Morgan fingerprint density at radius 2 is 2.20 bits per heavy atom. The third kappa shape index (κ3) is 3.15. The van der Waals surface area contributed by atoms with Crippen LogP contribution in [0.5, 0.6) is 0 Å². The number of benzene rings is 1. The van der Waals surface area contributed by atoms with Gasteiger partial charge in [-0.1, -0.05) is 6.07 Å². The first-order valence-corrected chi connectivity index (χ1v) is 10.4. The van der Waals surface area contributed by atoms with Crippen molar-refractivity contribution in [3.63, 3.8) is 0 Å². The van der Waals surface area contributed by atoms with Crippen molar-refractivity contribution < 1.29 is 17.9 Å². The van der Waals surface area contributed by atoms with Crippen LogP contribution in [0.25, 0.3) is 11.0 Å². The van der Waals surface area contributed by atoms with Crippen LogP contribution in [0.2, 0.25) is 0 Å². The number of hydrogen-bond acceptors (Lipinski definition) is 9. The van der Waals surface area contributed by atoms with Crippen LogP contribution in [0.4, 0.5) is 0 Å². The van der Waals surface area contributed by atoms with Gasteiger partial charge >= 0.3 is 0 Å². The van der Waals surface area contributed by atoms with Crippen LogP contribution in [-0.2, 0) is 14.8 Å². The standard InChI is InChI=1S/C14H12N4O4S3/c19-13(10-7-15-14(23-10)9-4-2-6-22-9)18-25(20,21)11-5-1-3-8-12(11)17-24-16-8/h1,3,5,7,9H,2,4,6H2,(H,18,19)/t9-/m0/s1. The Kier molecular flexibility index (Phi) is 4.23. The SMILES string of the molecule is O=C(NS(=O)(=O)c1cccc2nsnc12)c1cnc([C@@H]2CCCO2)s1. The van der Waals surface area contributed by atoms with E-state index in [2.05, 4.69) is 18.5 Å². The minimum Gasteiger partial charge on any atom is -0.371 e. The third-order valence-corrected chi connectivity index (χ3v) is 6.71. The van der Waals surface area contributed by atoms with E-state index < -0.39 is 15.9 Å². The van der Waals surface area contributed by atoms with Crippen LogP contribution in [-0.4, -0.2) is 34.7 Å². The quantitative estimate of drug-likeness (QED) is 0.719. The zero-order chi connectivity index (χ0) is 17.4. The summed E-state index contributed by atoms with van der Waals surface area (Å²) in [6, 6.07) is 4.62. The van der Waals surface area contributed by atoms with Gasteiger partial charge in [0, 0.05) is 6.61 Å².